The van der Waals surface area contributed by atoms with Gasteiger partial charge in [0, 0.05) is 12.2 Å². The van der Waals surface area contributed by atoms with Crippen LogP contribution in [-0.4, -0.2) is 19.7 Å². The molecule has 0 aliphatic carbocycles. The normalized spacial score (nSPS) is 12.9. The van der Waals surface area contributed by atoms with E-state index in [4.69, 9.17) is 10.3 Å². The summed E-state index contributed by atoms with van der Waals surface area (Å²) in [6.07, 6.45) is -3.03. The number of benzene rings is 1. The van der Waals surface area contributed by atoms with Crippen LogP contribution in [0, 0.1) is 0 Å². The lowest BCUT2D eigenvalue weighted by Gasteiger charge is -2.19. The Balaban J connectivity index is 1.99. The molecule has 0 amide bonds. The van der Waals surface area contributed by atoms with Gasteiger partial charge in [-0.3, -0.25) is 14.3 Å². The number of nitrogens with zero attached hydrogens (tertiary/aromatic N) is 4. The van der Waals surface area contributed by atoms with Crippen LogP contribution in [0.2, 0.25) is 0 Å². The van der Waals surface area contributed by atoms with Gasteiger partial charge >= 0.3 is 6.18 Å². The van der Waals surface area contributed by atoms with E-state index in [9.17, 15) is 18.0 Å². The average Bonchev–Trinajstić information content (AvgIpc) is 3.14. The zero-order valence-electron chi connectivity index (χ0n) is 15.7. The zero-order chi connectivity index (χ0) is 21.5. The number of rotatable bonds is 4. The molecule has 3 aromatic heterocycles. The first-order valence-electron chi connectivity index (χ1n) is 9.01. The maximum Gasteiger partial charge on any atom is 0.437 e. The number of nitrogens with two attached hydrogens (primary N) is 1. The molecule has 4 aromatic rings. The number of halogens is 3. The quantitative estimate of drug-likeness (QED) is 0.543. The van der Waals surface area contributed by atoms with Crippen molar-refractivity contribution >= 4 is 16.8 Å². The second kappa shape index (κ2) is 7.29. The molecular weight excluding hydrogens is 399 g/mol. The van der Waals surface area contributed by atoms with Crippen molar-refractivity contribution < 1.29 is 17.7 Å². The number of fused-ring (bicyclic) bond motifs is 1. The van der Waals surface area contributed by atoms with Crippen LogP contribution >= 0.6 is 0 Å². The van der Waals surface area contributed by atoms with Gasteiger partial charge in [-0.2, -0.15) is 18.2 Å². The van der Waals surface area contributed by atoms with Gasteiger partial charge in [-0.25, -0.2) is 0 Å². The van der Waals surface area contributed by atoms with Crippen molar-refractivity contribution in [2.45, 2.75) is 25.6 Å². The Labute approximate surface area is 168 Å². The molecule has 0 unspecified atom stereocenters. The highest BCUT2D eigenvalue weighted by Gasteiger charge is 2.40. The minimum Gasteiger partial charge on any atom is -0.397 e. The van der Waals surface area contributed by atoms with E-state index in [1.54, 1.807) is 19.1 Å². The summed E-state index contributed by atoms with van der Waals surface area (Å²) in [7, 11) is 0. The van der Waals surface area contributed by atoms with E-state index in [1.807, 2.05) is 30.3 Å². The van der Waals surface area contributed by atoms with Crippen molar-refractivity contribution in [3.05, 3.63) is 70.3 Å². The molecule has 1 atom stereocenters. The SMILES string of the molecule is C[C@H](Cc1ccccc1)n1c(-c2ncccc2N)nc2onc(C(F)(F)F)c2c1=O. The van der Waals surface area contributed by atoms with Crippen molar-refractivity contribution in [2.24, 2.45) is 0 Å². The third-order valence-corrected chi connectivity index (χ3v) is 4.68. The summed E-state index contributed by atoms with van der Waals surface area (Å²) in [5.41, 5.74) is 4.45. The first kappa shape index (κ1) is 19.6. The van der Waals surface area contributed by atoms with E-state index in [2.05, 4.69) is 15.1 Å². The van der Waals surface area contributed by atoms with Crippen LogP contribution in [-0.2, 0) is 12.6 Å². The smallest absolute Gasteiger partial charge is 0.397 e. The molecule has 30 heavy (non-hydrogen) atoms. The van der Waals surface area contributed by atoms with Crippen molar-refractivity contribution in [2.75, 3.05) is 5.73 Å². The molecule has 0 saturated carbocycles. The highest BCUT2D eigenvalue weighted by molar-refractivity contribution is 5.79. The van der Waals surface area contributed by atoms with Gasteiger partial charge < -0.3 is 10.3 Å². The van der Waals surface area contributed by atoms with Crippen LogP contribution in [0.25, 0.3) is 22.6 Å². The number of hydrogen-bond donors (Lipinski definition) is 1. The van der Waals surface area contributed by atoms with Gasteiger partial charge in [0.1, 0.15) is 11.1 Å². The average molecular weight is 415 g/mol. The fourth-order valence-corrected chi connectivity index (χ4v) is 3.34. The van der Waals surface area contributed by atoms with E-state index < -0.39 is 34.6 Å². The number of pyridine rings is 1. The summed E-state index contributed by atoms with van der Waals surface area (Å²) in [6.45, 7) is 1.71. The van der Waals surface area contributed by atoms with Gasteiger partial charge in [-0.15, -0.1) is 0 Å². The standard InChI is InChI=1S/C20H16F3N5O2/c1-11(10-12-6-3-2-4-7-12)28-17(15-13(24)8-5-9-25-15)26-18-14(19(28)29)16(27-30-18)20(21,22)23/h2-9,11H,10,24H2,1H3/t11-/m1/s1. The monoisotopic (exact) mass is 415 g/mol. The molecule has 7 nitrogen and oxygen atoms in total. The van der Waals surface area contributed by atoms with E-state index in [0.717, 1.165) is 5.56 Å². The molecule has 0 spiro atoms. The predicted octanol–water partition coefficient (Wildman–Crippen LogP) is 3.85. The van der Waals surface area contributed by atoms with Crippen LogP contribution in [0.1, 0.15) is 24.2 Å². The fourth-order valence-electron chi connectivity index (χ4n) is 3.34. The third kappa shape index (κ3) is 3.40. The molecule has 2 N–H and O–H groups in total. The topological polar surface area (TPSA) is 99.8 Å². The Bertz CT molecular complexity index is 1270. The lowest BCUT2D eigenvalue weighted by atomic mass is 10.1. The Morgan fingerprint density at radius 2 is 1.90 bits per heavy atom. The summed E-state index contributed by atoms with van der Waals surface area (Å²) in [5, 5.41) is 2.32. The van der Waals surface area contributed by atoms with E-state index in [-0.39, 0.29) is 17.2 Å². The predicted molar refractivity (Wildman–Crippen MR) is 104 cm³/mol. The fraction of sp³-hybridized carbons (Fsp3) is 0.200. The number of nitrogen functional groups attached to an aromatic ring is 1. The molecule has 0 saturated heterocycles. The number of aromatic nitrogens is 4. The van der Waals surface area contributed by atoms with Crippen LogP contribution in [0.4, 0.5) is 18.9 Å². The Hall–Kier alpha value is -3.69. The first-order valence-corrected chi connectivity index (χ1v) is 9.01. The summed E-state index contributed by atoms with van der Waals surface area (Å²) in [6, 6.07) is 11.9. The van der Waals surface area contributed by atoms with Crippen molar-refractivity contribution in [3.8, 4) is 11.5 Å². The summed E-state index contributed by atoms with van der Waals surface area (Å²) < 4.78 is 46.0. The number of alkyl halides is 3. The zero-order valence-corrected chi connectivity index (χ0v) is 15.7. The first-order chi connectivity index (χ1) is 14.3. The molecule has 0 aliphatic heterocycles. The van der Waals surface area contributed by atoms with Crippen molar-refractivity contribution in [1.82, 2.24) is 19.7 Å². The van der Waals surface area contributed by atoms with Gasteiger partial charge in [0.25, 0.3) is 11.3 Å². The number of hydrogen-bond acceptors (Lipinski definition) is 6. The Morgan fingerprint density at radius 3 is 2.57 bits per heavy atom. The minimum atomic E-state index is -4.86. The maximum atomic E-state index is 13.4. The minimum absolute atomic E-state index is 0.0129. The maximum absolute atomic E-state index is 13.4. The molecule has 10 heteroatoms. The molecule has 1 aromatic carbocycles. The van der Waals surface area contributed by atoms with Crippen LogP contribution in [0.5, 0.6) is 0 Å². The lowest BCUT2D eigenvalue weighted by Crippen LogP contribution is -2.29. The molecule has 0 bridgehead atoms. The second-order valence-electron chi connectivity index (χ2n) is 6.80. The van der Waals surface area contributed by atoms with Crippen LogP contribution < -0.4 is 11.3 Å². The molecule has 0 aliphatic rings. The summed E-state index contributed by atoms with van der Waals surface area (Å²) in [5.74, 6) is 0.0129. The summed E-state index contributed by atoms with van der Waals surface area (Å²) >= 11 is 0. The molecule has 0 fully saturated rings. The van der Waals surface area contributed by atoms with Gasteiger partial charge in [-0.1, -0.05) is 35.5 Å². The highest BCUT2D eigenvalue weighted by Crippen LogP contribution is 2.33. The molecule has 3 heterocycles. The van der Waals surface area contributed by atoms with Gasteiger partial charge in [0.2, 0.25) is 5.69 Å². The third-order valence-electron chi connectivity index (χ3n) is 4.68. The van der Waals surface area contributed by atoms with Gasteiger partial charge in [0.05, 0.1) is 5.69 Å². The highest BCUT2D eigenvalue weighted by atomic mass is 19.4. The van der Waals surface area contributed by atoms with Crippen molar-refractivity contribution in [1.29, 1.82) is 0 Å². The van der Waals surface area contributed by atoms with Gasteiger partial charge in [0.15, 0.2) is 5.82 Å². The molecule has 0 radical (unpaired) electrons. The van der Waals surface area contributed by atoms with E-state index >= 15 is 0 Å². The Kier molecular flexibility index (Phi) is 4.76. The van der Waals surface area contributed by atoms with Crippen molar-refractivity contribution in [3.63, 3.8) is 0 Å². The van der Waals surface area contributed by atoms with Crippen LogP contribution in [0.15, 0.2) is 58.0 Å². The Morgan fingerprint density at radius 1 is 1.17 bits per heavy atom. The van der Waals surface area contributed by atoms with E-state index in [0.29, 0.717) is 6.42 Å². The van der Waals surface area contributed by atoms with E-state index in [1.165, 1.54) is 10.8 Å². The molecule has 4 rings (SSSR count). The largest absolute Gasteiger partial charge is 0.437 e. The lowest BCUT2D eigenvalue weighted by molar-refractivity contribution is -0.141. The van der Waals surface area contributed by atoms with Crippen LogP contribution in [0.3, 0.4) is 0 Å². The molecule has 154 valence electrons. The van der Waals surface area contributed by atoms with Gasteiger partial charge in [-0.05, 0) is 31.0 Å². The number of anilines is 1. The molecular formula is C20H16F3N5O2. The second-order valence-corrected chi connectivity index (χ2v) is 6.80. The summed E-state index contributed by atoms with van der Waals surface area (Å²) in [4.78, 5) is 21.6.